The molecular formula is C14H21N5O. The Labute approximate surface area is 119 Å². The fraction of sp³-hybridized carbons (Fsp3) is 0.500. The molecule has 0 spiro atoms. The molecule has 0 bridgehead atoms. The van der Waals surface area contributed by atoms with Crippen molar-refractivity contribution in [2.75, 3.05) is 6.54 Å². The molecule has 0 aromatic carbocycles. The van der Waals surface area contributed by atoms with Crippen molar-refractivity contribution in [2.24, 2.45) is 0 Å². The monoisotopic (exact) mass is 275 g/mol. The molecule has 0 saturated heterocycles. The van der Waals surface area contributed by atoms with E-state index in [2.05, 4.69) is 39.8 Å². The maximum atomic E-state index is 5.00. The van der Waals surface area contributed by atoms with Crippen LogP contribution in [0.15, 0.2) is 23.4 Å². The molecule has 2 aromatic heterocycles. The van der Waals surface area contributed by atoms with Gasteiger partial charge >= 0.3 is 0 Å². The Morgan fingerprint density at radius 1 is 1.40 bits per heavy atom. The number of aromatic nitrogens is 4. The van der Waals surface area contributed by atoms with E-state index in [0.717, 1.165) is 31.2 Å². The topological polar surface area (TPSA) is 60.0 Å². The Morgan fingerprint density at radius 2 is 2.20 bits per heavy atom. The zero-order valence-corrected chi connectivity index (χ0v) is 12.3. The Balaban J connectivity index is 2.03. The summed E-state index contributed by atoms with van der Waals surface area (Å²) in [5.41, 5.74) is 2.27. The number of hydrogen-bond donors (Lipinski definition) is 0. The van der Waals surface area contributed by atoms with Gasteiger partial charge in [0.05, 0.1) is 18.8 Å². The average molecular weight is 275 g/mol. The number of hydrogen-bond acceptors (Lipinski definition) is 5. The first-order valence-corrected chi connectivity index (χ1v) is 6.77. The van der Waals surface area contributed by atoms with E-state index in [1.807, 2.05) is 17.7 Å². The molecule has 6 nitrogen and oxygen atoms in total. The standard InChI is InChI=1S/C14H21N5O/c1-5-7-19-9-13(11(3)16-19)8-18(6-2)10-14-15-12(4)20-17-14/h5,9H,1,6-8,10H2,2-4H3. The van der Waals surface area contributed by atoms with E-state index < -0.39 is 0 Å². The van der Waals surface area contributed by atoms with Crippen LogP contribution in [-0.4, -0.2) is 31.4 Å². The van der Waals surface area contributed by atoms with Crippen molar-refractivity contribution in [3.63, 3.8) is 0 Å². The first kappa shape index (κ1) is 14.5. The summed E-state index contributed by atoms with van der Waals surface area (Å²) in [4.78, 5) is 6.50. The van der Waals surface area contributed by atoms with Crippen molar-refractivity contribution in [1.29, 1.82) is 0 Å². The highest BCUT2D eigenvalue weighted by molar-refractivity contribution is 5.15. The van der Waals surface area contributed by atoms with Gasteiger partial charge in [-0.25, -0.2) is 0 Å². The lowest BCUT2D eigenvalue weighted by Crippen LogP contribution is -2.23. The van der Waals surface area contributed by atoms with Gasteiger partial charge < -0.3 is 4.52 Å². The van der Waals surface area contributed by atoms with E-state index in [4.69, 9.17) is 4.52 Å². The lowest BCUT2D eigenvalue weighted by Gasteiger charge is -2.17. The number of aryl methyl sites for hydroxylation is 2. The number of rotatable bonds is 7. The van der Waals surface area contributed by atoms with Crippen molar-refractivity contribution in [3.05, 3.63) is 41.8 Å². The summed E-state index contributed by atoms with van der Waals surface area (Å²) in [5, 5.41) is 8.41. The molecular weight excluding hydrogens is 254 g/mol. The summed E-state index contributed by atoms with van der Waals surface area (Å²) in [5.74, 6) is 1.33. The van der Waals surface area contributed by atoms with Crippen molar-refractivity contribution < 1.29 is 4.52 Å². The Bertz CT molecular complexity index is 572. The molecule has 0 N–H and O–H groups in total. The first-order chi connectivity index (χ1) is 9.62. The van der Waals surface area contributed by atoms with E-state index in [-0.39, 0.29) is 0 Å². The molecule has 2 heterocycles. The maximum absolute atomic E-state index is 5.00. The van der Waals surface area contributed by atoms with Crippen LogP contribution in [0.3, 0.4) is 0 Å². The van der Waals surface area contributed by atoms with E-state index in [0.29, 0.717) is 12.4 Å². The fourth-order valence-corrected chi connectivity index (χ4v) is 2.07. The first-order valence-electron chi connectivity index (χ1n) is 6.77. The van der Waals surface area contributed by atoms with Crippen molar-refractivity contribution in [1.82, 2.24) is 24.8 Å². The Morgan fingerprint density at radius 3 is 2.80 bits per heavy atom. The predicted octanol–water partition coefficient (Wildman–Crippen LogP) is 2.09. The van der Waals surface area contributed by atoms with Gasteiger partial charge in [-0.3, -0.25) is 9.58 Å². The molecule has 0 unspecified atom stereocenters. The molecule has 0 amide bonds. The molecule has 0 aliphatic heterocycles. The van der Waals surface area contributed by atoms with Gasteiger partial charge in [0.2, 0.25) is 5.89 Å². The largest absolute Gasteiger partial charge is 0.340 e. The van der Waals surface area contributed by atoms with Crippen LogP contribution in [0.25, 0.3) is 0 Å². The zero-order valence-electron chi connectivity index (χ0n) is 12.3. The van der Waals surface area contributed by atoms with Crippen LogP contribution in [0, 0.1) is 13.8 Å². The molecule has 6 heteroatoms. The highest BCUT2D eigenvalue weighted by Gasteiger charge is 2.12. The minimum Gasteiger partial charge on any atom is -0.340 e. The maximum Gasteiger partial charge on any atom is 0.223 e. The number of allylic oxidation sites excluding steroid dienone is 1. The van der Waals surface area contributed by atoms with Crippen LogP contribution in [0.5, 0.6) is 0 Å². The lowest BCUT2D eigenvalue weighted by atomic mass is 10.2. The second-order valence-electron chi connectivity index (χ2n) is 4.78. The predicted molar refractivity (Wildman–Crippen MR) is 76.0 cm³/mol. The molecule has 2 rings (SSSR count). The second-order valence-corrected chi connectivity index (χ2v) is 4.78. The molecule has 0 atom stereocenters. The van der Waals surface area contributed by atoms with Crippen LogP contribution in [0.1, 0.15) is 29.9 Å². The highest BCUT2D eigenvalue weighted by atomic mass is 16.5. The molecule has 0 aliphatic carbocycles. The van der Waals surface area contributed by atoms with Gasteiger partial charge in [0.25, 0.3) is 0 Å². The van der Waals surface area contributed by atoms with Gasteiger partial charge in [-0.05, 0) is 13.5 Å². The van der Waals surface area contributed by atoms with Gasteiger partial charge in [-0.2, -0.15) is 10.1 Å². The summed E-state index contributed by atoms with van der Waals surface area (Å²) < 4.78 is 6.91. The van der Waals surface area contributed by atoms with E-state index in [1.165, 1.54) is 5.56 Å². The van der Waals surface area contributed by atoms with Gasteiger partial charge in [0.15, 0.2) is 5.82 Å². The third-order valence-corrected chi connectivity index (χ3v) is 3.14. The third kappa shape index (κ3) is 3.54. The highest BCUT2D eigenvalue weighted by Crippen LogP contribution is 2.11. The molecule has 20 heavy (non-hydrogen) atoms. The Hall–Kier alpha value is -1.95. The summed E-state index contributed by atoms with van der Waals surface area (Å²) >= 11 is 0. The molecule has 108 valence electrons. The Kier molecular flexibility index (Phi) is 4.68. The summed E-state index contributed by atoms with van der Waals surface area (Å²) in [6.45, 7) is 12.8. The van der Waals surface area contributed by atoms with Gasteiger partial charge in [-0.15, -0.1) is 6.58 Å². The normalized spacial score (nSPS) is 11.2. The van der Waals surface area contributed by atoms with Gasteiger partial charge in [0.1, 0.15) is 0 Å². The molecule has 0 radical (unpaired) electrons. The SMILES string of the molecule is C=CCn1cc(CN(CC)Cc2noc(C)n2)c(C)n1. The van der Waals surface area contributed by atoms with Crippen molar-refractivity contribution >= 4 is 0 Å². The van der Waals surface area contributed by atoms with E-state index >= 15 is 0 Å². The van der Waals surface area contributed by atoms with Crippen LogP contribution in [-0.2, 0) is 19.6 Å². The fourth-order valence-electron chi connectivity index (χ4n) is 2.07. The summed E-state index contributed by atoms with van der Waals surface area (Å²) in [6, 6.07) is 0. The van der Waals surface area contributed by atoms with Crippen LogP contribution < -0.4 is 0 Å². The molecule has 0 aliphatic rings. The minimum atomic E-state index is 0.603. The molecule has 0 fully saturated rings. The van der Waals surface area contributed by atoms with Crippen LogP contribution >= 0.6 is 0 Å². The van der Waals surface area contributed by atoms with Crippen LogP contribution in [0.4, 0.5) is 0 Å². The zero-order chi connectivity index (χ0) is 14.5. The quantitative estimate of drug-likeness (QED) is 0.724. The minimum absolute atomic E-state index is 0.603. The lowest BCUT2D eigenvalue weighted by molar-refractivity contribution is 0.258. The van der Waals surface area contributed by atoms with Gasteiger partial charge in [-0.1, -0.05) is 18.2 Å². The summed E-state index contributed by atoms with van der Waals surface area (Å²) in [7, 11) is 0. The van der Waals surface area contributed by atoms with Crippen LogP contribution in [0.2, 0.25) is 0 Å². The van der Waals surface area contributed by atoms with Crippen molar-refractivity contribution in [3.8, 4) is 0 Å². The number of nitrogens with zero attached hydrogens (tertiary/aromatic N) is 5. The summed E-state index contributed by atoms with van der Waals surface area (Å²) in [6.07, 6.45) is 3.91. The van der Waals surface area contributed by atoms with Crippen molar-refractivity contribution in [2.45, 2.75) is 40.4 Å². The van der Waals surface area contributed by atoms with E-state index in [1.54, 1.807) is 6.92 Å². The second kappa shape index (κ2) is 6.47. The average Bonchev–Trinajstić information content (AvgIpc) is 2.96. The molecule has 0 saturated carbocycles. The van der Waals surface area contributed by atoms with E-state index in [9.17, 15) is 0 Å². The molecule has 2 aromatic rings. The van der Waals surface area contributed by atoms with Gasteiger partial charge in [0, 0.05) is 25.2 Å². The smallest absolute Gasteiger partial charge is 0.223 e. The third-order valence-electron chi connectivity index (χ3n) is 3.14.